The standard InChI is InChI=1S/C13H9BrO.C8H10/c1-8-2-4-12-10(6-8)11-7-9(14)3-5-13(11)15-12;1-7-4-3-5-8(2)6-7/h2-7H,1H3;3-6H,1-2H3. The number of hydrogen-bond acceptors (Lipinski definition) is 1. The molecule has 1 aromatic heterocycles. The number of halogens is 1. The van der Waals surface area contributed by atoms with Crippen LogP contribution >= 0.6 is 15.9 Å². The van der Waals surface area contributed by atoms with Gasteiger partial charge in [0.1, 0.15) is 11.2 Å². The van der Waals surface area contributed by atoms with Crippen LogP contribution in [0.3, 0.4) is 0 Å². The summed E-state index contributed by atoms with van der Waals surface area (Å²) in [6.07, 6.45) is 0. The number of rotatable bonds is 0. The summed E-state index contributed by atoms with van der Waals surface area (Å²) in [5.74, 6) is 0. The molecular formula is C21H19BrO. The Morgan fingerprint density at radius 3 is 1.83 bits per heavy atom. The first-order valence-corrected chi connectivity index (χ1v) is 8.44. The molecule has 2 heteroatoms. The van der Waals surface area contributed by atoms with E-state index in [-0.39, 0.29) is 0 Å². The Labute approximate surface area is 145 Å². The Balaban J connectivity index is 0.000000166. The van der Waals surface area contributed by atoms with Crippen molar-refractivity contribution in [1.82, 2.24) is 0 Å². The normalized spacial score (nSPS) is 10.6. The molecular weight excluding hydrogens is 348 g/mol. The molecule has 0 aliphatic carbocycles. The van der Waals surface area contributed by atoms with E-state index >= 15 is 0 Å². The molecule has 0 bridgehead atoms. The van der Waals surface area contributed by atoms with E-state index in [1.165, 1.54) is 27.5 Å². The van der Waals surface area contributed by atoms with Crippen LogP contribution in [0.25, 0.3) is 21.9 Å². The molecule has 3 aromatic carbocycles. The first-order valence-electron chi connectivity index (χ1n) is 7.64. The van der Waals surface area contributed by atoms with Crippen molar-refractivity contribution in [3.05, 3.63) is 81.8 Å². The van der Waals surface area contributed by atoms with Crippen molar-refractivity contribution in [2.24, 2.45) is 0 Å². The van der Waals surface area contributed by atoms with E-state index in [9.17, 15) is 0 Å². The molecule has 0 unspecified atom stereocenters. The summed E-state index contributed by atoms with van der Waals surface area (Å²) in [5, 5.41) is 2.36. The van der Waals surface area contributed by atoms with Gasteiger partial charge in [-0.1, -0.05) is 63.0 Å². The maximum Gasteiger partial charge on any atom is 0.135 e. The van der Waals surface area contributed by atoms with Crippen molar-refractivity contribution >= 4 is 37.9 Å². The van der Waals surface area contributed by atoms with Crippen LogP contribution in [0.2, 0.25) is 0 Å². The van der Waals surface area contributed by atoms with Gasteiger partial charge in [-0.05, 0) is 51.1 Å². The second kappa shape index (κ2) is 6.59. The highest BCUT2D eigenvalue weighted by Crippen LogP contribution is 2.31. The van der Waals surface area contributed by atoms with Crippen LogP contribution < -0.4 is 0 Å². The molecule has 4 aromatic rings. The molecule has 0 radical (unpaired) electrons. The van der Waals surface area contributed by atoms with E-state index in [0.717, 1.165) is 15.6 Å². The van der Waals surface area contributed by atoms with E-state index in [2.05, 4.69) is 79.2 Å². The number of aryl methyl sites for hydroxylation is 3. The minimum Gasteiger partial charge on any atom is -0.456 e. The molecule has 0 spiro atoms. The molecule has 0 fully saturated rings. The van der Waals surface area contributed by atoms with Gasteiger partial charge in [0.05, 0.1) is 0 Å². The molecule has 1 nitrogen and oxygen atoms in total. The zero-order chi connectivity index (χ0) is 16.4. The lowest BCUT2D eigenvalue weighted by Crippen LogP contribution is -1.71. The Kier molecular flexibility index (Phi) is 4.53. The smallest absolute Gasteiger partial charge is 0.135 e. The lowest BCUT2D eigenvalue weighted by Gasteiger charge is -1.92. The number of fused-ring (bicyclic) bond motifs is 3. The first-order chi connectivity index (χ1) is 11.0. The van der Waals surface area contributed by atoms with Crippen molar-refractivity contribution in [2.45, 2.75) is 20.8 Å². The maximum atomic E-state index is 5.74. The predicted molar refractivity (Wildman–Crippen MR) is 102 cm³/mol. The van der Waals surface area contributed by atoms with Crippen LogP contribution in [0.4, 0.5) is 0 Å². The highest BCUT2D eigenvalue weighted by Gasteiger charge is 2.06. The molecule has 0 N–H and O–H groups in total. The molecule has 0 aliphatic rings. The van der Waals surface area contributed by atoms with Crippen molar-refractivity contribution in [2.75, 3.05) is 0 Å². The summed E-state index contributed by atoms with van der Waals surface area (Å²) in [6, 6.07) is 20.8. The van der Waals surface area contributed by atoms with Gasteiger partial charge in [-0.2, -0.15) is 0 Å². The summed E-state index contributed by atoms with van der Waals surface area (Å²) >= 11 is 3.48. The zero-order valence-corrected chi connectivity index (χ0v) is 15.1. The van der Waals surface area contributed by atoms with E-state index in [4.69, 9.17) is 4.42 Å². The van der Waals surface area contributed by atoms with Crippen molar-refractivity contribution in [1.29, 1.82) is 0 Å². The fourth-order valence-corrected chi connectivity index (χ4v) is 3.03. The zero-order valence-electron chi connectivity index (χ0n) is 13.6. The van der Waals surface area contributed by atoms with Gasteiger partial charge >= 0.3 is 0 Å². The summed E-state index contributed by atoms with van der Waals surface area (Å²) in [5.41, 5.74) is 5.83. The van der Waals surface area contributed by atoms with Gasteiger partial charge in [-0.15, -0.1) is 0 Å². The Morgan fingerprint density at radius 2 is 1.22 bits per heavy atom. The van der Waals surface area contributed by atoms with Crippen LogP contribution in [-0.2, 0) is 0 Å². The van der Waals surface area contributed by atoms with Gasteiger partial charge < -0.3 is 4.42 Å². The number of benzene rings is 3. The van der Waals surface area contributed by atoms with Gasteiger partial charge in [0.15, 0.2) is 0 Å². The average molecular weight is 367 g/mol. The van der Waals surface area contributed by atoms with Crippen molar-refractivity contribution in [3.8, 4) is 0 Å². The van der Waals surface area contributed by atoms with Gasteiger partial charge in [-0.3, -0.25) is 0 Å². The minimum atomic E-state index is 0.943. The first kappa shape index (κ1) is 15.8. The largest absolute Gasteiger partial charge is 0.456 e. The van der Waals surface area contributed by atoms with Crippen LogP contribution in [-0.4, -0.2) is 0 Å². The summed E-state index contributed by atoms with van der Waals surface area (Å²) < 4.78 is 6.82. The summed E-state index contributed by atoms with van der Waals surface area (Å²) in [4.78, 5) is 0. The Hall–Kier alpha value is -2.06. The highest BCUT2D eigenvalue weighted by molar-refractivity contribution is 9.10. The second-order valence-corrected chi connectivity index (χ2v) is 6.82. The fraction of sp³-hybridized carbons (Fsp3) is 0.143. The quantitative estimate of drug-likeness (QED) is 0.327. The van der Waals surface area contributed by atoms with Crippen LogP contribution in [0.15, 0.2) is 69.6 Å². The molecule has 0 amide bonds. The third-order valence-corrected chi connectivity index (χ3v) is 4.25. The third-order valence-electron chi connectivity index (χ3n) is 3.76. The Bertz CT molecular complexity index is 893. The van der Waals surface area contributed by atoms with Gasteiger partial charge in [-0.25, -0.2) is 0 Å². The van der Waals surface area contributed by atoms with E-state index in [1.54, 1.807) is 0 Å². The van der Waals surface area contributed by atoms with Crippen LogP contribution in [0.1, 0.15) is 16.7 Å². The average Bonchev–Trinajstić information content (AvgIpc) is 2.85. The summed E-state index contributed by atoms with van der Waals surface area (Å²) in [6.45, 7) is 6.30. The van der Waals surface area contributed by atoms with Crippen LogP contribution in [0, 0.1) is 20.8 Å². The van der Waals surface area contributed by atoms with E-state index in [1.807, 2.05) is 18.2 Å². The SMILES string of the molecule is Cc1ccc2oc3ccc(Br)cc3c2c1.Cc1cccc(C)c1. The molecule has 1 heterocycles. The van der Waals surface area contributed by atoms with Crippen molar-refractivity contribution in [3.63, 3.8) is 0 Å². The third kappa shape index (κ3) is 3.65. The molecule has 116 valence electrons. The number of hydrogen-bond donors (Lipinski definition) is 0. The van der Waals surface area contributed by atoms with Gasteiger partial charge in [0, 0.05) is 15.2 Å². The molecule has 0 saturated heterocycles. The maximum absolute atomic E-state index is 5.74. The molecule has 0 atom stereocenters. The molecule has 0 aliphatic heterocycles. The highest BCUT2D eigenvalue weighted by atomic mass is 79.9. The fourth-order valence-electron chi connectivity index (χ4n) is 2.67. The van der Waals surface area contributed by atoms with E-state index < -0.39 is 0 Å². The van der Waals surface area contributed by atoms with Crippen LogP contribution in [0.5, 0.6) is 0 Å². The van der Waals surface area contributed by atoms with Gasteiger partial charge in [0.25, 0.3) is 0 Å². The number of furan rings is 1. The predicted octanol–water partition coefficient (Wildman–Crippen LogP) is 6.96. The lowest BCUT2D eigenvalue weighted by atomic mass is 10.1. The summed E-state index contributed by atoms with van der Waals surface area (Å²) in [7, 11) is 0. The monoisotopic (exact) mass is 366 g/mol. The molecule has 0 saturated carbocycles. The minimum absolute atomic E-state index is 0.943. The van der Waals surface area contributed by atoms with E-state index in [0.29, 0.717) is 0 Å². The lowest BCUT2D eigenvalue weighted by molar-refractivity contribution is 0.669. The molecule has 23 heavy (non-hydrogen) atoms. The second-order valence-electron chi connectivity index (χ2n) is 5.90. The molecule has 4 rings (SSSR count). The Morgan fingerprint density at radius 1 is 0.652 bits per heavy atom. The van der Waals surface area contributed by atoms with Crippen molar-refractivity contribution < 1.29 is 4.42 Å². The van der Waals surface area contributed by atoms with Gasteiger partial charge in [0.2, 0.25) is 0 Å². The topological polar surface area (TPSA) is 13.1 Å².